The maximum atomic E-state index is 12.6. The van der Waals surface area contributed by atoms with Crippen LogP contribution in [0.5, 0.6) is 0 Å². The van der Waals surface area contributed by atoms with Crippen molar-refractivity contribution in [2.75, 3.05) is 13.1 Å². The van der Waals surface area contributed by atoms with Crippen molar-refractivity contribution < 1.29 is 9.59 Å². The van der Waals surface area contributed by atoms with Crippen LogP contribution in [-0.4, -0.2) is 45.6 Å². The van der Waals surface area contributed by atoms with E-state index in [1.54, 1.807) is 17.8 Å². The Morgan fingerprint density at radius 2 is 2.37 bits per heavy atom. The third kappa shape index (κ3) is 2.05. The van der Waals surface area contributed by atoms with E-state index in [1.165, 1.54) is 0 Å². The largest absolute Gasteiger partial charge is 0.354 e. The summed E-state index contributed by atoms with van der Waals surface area (Å²) in [7, 11) is 1.75. The Balaban J connectivity index is 1.87. The predicted octanol–water partition coefficient (Wildman–Crippen LogP) is 0.533. The molecular weight excluding hydrogens is 312 g/mol. The SMILES string of the molecule is Cn1nc(Br)cc1C(=O)N1CCC[C@H]2C(=O)NC[C@H]21. The summed E-state index contributed by atoms with van der Waals surface area (Å²) >= 11 is 3.27. The number of aromatic nitrogens is 2. The standard InChI is InChI=1S/C12H15BrN4O2/c1-16-8(5-10(13)15-16)12(19)17-4-2-3-7-9(17)6-14-11(7)18/h5,7,9H,2-4,6H2,1H3,(H,14,18)/t7-,9-/m1/s1. The molecule has 0 saturated carbocycles. The van der Waals surface area contributed by atoms with E-state index in [4.69, 9.17) is 0 Å². The number of nitrogens with one attached hydrogen (secondary N) is 1. The summed E-state index contributed by atoms with van der Waals surface area (Å²) in [6, 6.07) is 1.71. The van der Waals surface area contributed by atoms with Gasteiger partial charge in [0.2, 0.25) is 5.91 Å². The van der Waals surface area contributed by atoms with Crippen LogP contribution in [0.3, 0.4) is 0 Å². The van der Waals surface area contributed by atoms with Gasteiger partial charge >= 0.3 is 0 Å². The molecule has 0 aromatic carbocycles. The van der Waals surface area contributed by atoms with Crippen LogP contribution in [0.25, 0.3) is 0 Å². The Bertz CT molecular complexity index is 542. The number of rotatable bonds is 1. The van der Waals surface area contributed by atoms with E-state index in [1.807, 2.05) is 4.90 Å². The Kier molecular flexibility index (Phi) is 3.08. The Morgan fingerprint density at radius 1 is 1.58 bits per heavy atom. The summed E-state index contributed by atoms with van der Waals surface area (Å²) in [6.07, 6.45) is 1.74. The van der Waals surface area contributed by atoms with Crippen LogP contribution in [0.2, 0.25) is 0 Å². The molecule has 0 unspecified atom stereocenters. The van der Waals surface area contributed by atoms with Gasteiger partial charge in [0.05, 0.1) is 12.0 Å². The zero-order valence-corrected chi connectivity index (χ0v) is 12.2. The van der Waals surface area contributed by atoms with Crippen molar-refractivity contribution in [3.63, 3.8) is 0 Å². The molecule has 2 fully saturated rings. The molecule has 3 rings (SSSR count). The molecule has 0 aliphatic carbocycles. The second-order valence-corrected chi connectivity index (χ2v) is 5.85. The zero-order chi connectivity index (χ0) is 13.6. The minimum atomic E-state index is -0.0492. The molecule has 1 N–H and O–H groups in total. The van der Waals surface area contributed by atoms with Gasteiger partial charge in [-0.1, -0.05) is 0 Å². The molecule has 19 heavy (non-hydrogen) atoms. The molecular formula is C12H15BrN4O2. The number of carbonyl (C=O) groups is 2. The van der Waals surface area contributed by atoms with Gasteiger partial charge in [-0.25, -0.2) is 0 Å². The van der Waals surface area contributed by atoms with Crippen molar-refractivity contribution in [1.29, 1.82) is 0 Å². The molecule has 0 radical (unpaired) electrons. The predicted molar refractivity (Wildman–Crippen MR) is 71.5 cm³/mol. The minimum absolute atomic E-state index is 0.0116. The van der Waals surface area contributed by atoms with E-state index < -0.39 is 0 Å². The van der Waals surface area contributed by atoms with E-state index in [2.05, 4.69) is 26.3 Å². The first-order valence-electron chi connectivity index (χ1n) is 6.36. The van der Waals surface area contributed by atoms with E-state index in [0.29, 0.717) is 23.4 Å². The molecule has 1 aromatic heterocycles. The highest BCUT2D eigenvalue weighted by Crippen LogP contribution is 2.28. The monoisotopic (exact) mass is 326 g/mol. The third-order valence-corrected chi connectivity index (χ3v) is 4.32. The topological polar surface area (TPSA) is 67.2 Å². The van der Waals surface area contributed by atoms with Crippen LogP contribution in [0, 0.1) is 5.92 Å². The second-order valence-electron chi connectivity index (χ2n) is 5.04. The van der Waals surface area contributed by atoms with Crippen LogP contribution in [0.1, 0.15) is 23.3 Å². The number of halogens is 1. The summed E-state index contributed by atoms with van der Waals surface area (Å²) < 4.78 is 2.22. The van der Waals surface area contributed by atoms with Gasteiger partial charge in [-0.3, -0.25) is 14.3 Å². The van der Waals surface area contributed by atoms with Crippen LogP contribution in [-0.2, 0) is 11.8 Å². The van der Waals surface area contributed by atoms with Crippen molar-refractivity contribution in [2.45, 2.75) is 18.9 Å². The third-order valence-electron chi connectivity index (χ3n) is 3.93. The highest BCUT2D eigenvalue weighted by Gasteiger charge is 2.43. The minimum Gasteiger partial charge on any atom is -0.354 e. The molecule has 6 nitrogen and oxygen atoms in total. The number of likely N-dealkylation sites (tertiary alicyclic amines) is 1. The highest BCUT2D eigenvalue weighted by molar-refractivity contribution is 9.10. The molecule has 2 amide bonds. The van der Waals surface area contributed by atoms with Gasteiger partial charge in [-0.05, 0) is 28.8 Å². The van der Waals surface area contributed by atoms with Crippen molar-refractivity contribution in [3.05, 3.63) is 16.4 Å². The fourth-order valence-electron chi connectivity index (χ4n) is 2.98. The average molecular weight is 327 g/mol. The number of carbonyl (C=O) groups excluding carboxylic acids is 2. The van der Waals surface area contributed by atoms with Crippen LogP contribution < -0.4 is 5.32 Å². The lowest BCUT2D eigenvalue weighted by atomic mass is 9.91. The average Bonchev–Trinajstić information content (AvgIpc) is 2.92. The summed E-state index contributed by atoms with van der Waals surface area (Å²) in [4.78, 5) is 26.1. The van der Waals surface area contributed by atoms with Crippen LogP contribution >= 0.6 is 15.9 Å². The molecule has 0 bridgehead atoms. The van der Waals surface area contributed by atoms with Gasteiger partial charge in [0.15, 0.2) is 0 Å². The molecule has 2 atom stereocenters. The van der Waals surface area contributed by atoms with Gasteiger partial charge in [0.25, 0.3) is 5.91 Å². The first-order chi connectivity index (χ1) is 9.08. The number of nitrogens with zero attached hydrogens (tertiary/aromatic N) is 3. The summed E-state index contributed by atoms with van der Waals surface area (Å²) in [5.74, 6) is -0.0186. The van der Waals surface area contributed by atoms with Crippen molar-refractivity contribution in [3.8, 4) is 0 Å². The Hall–Kier alpha value is -1.37. The number of piperidine rings is 1. The maximum absolute atomic E-state index is 12.6. The molecule has 2 saturated heterocycles. The van der Waals surface area contributed by atoms with Gasteiger partial charge in [0, 0.05) is 26.2 Å². The maximum Gasteiger partial charge on any atom is 0.272 e. The lowest BCUT2D eigenvalue weighted by molar-refractivity contribution is -0.123. The first-order valence-corrected chi connectivity index (χ1v) is 7.15. The second kappa shape index (κ2) is 4.63. The molecule has 3 heterocycles. The van der Waals surface area contributed by atoms with Crippen molar-refractivity contribution in [1.82, 2.24) is 20.0 Å². The van der Waals surface area contributed by atoms with Gasteiger partial charge in [-0.15, -0.1) is 0 Å². The molecule has 0 spiro atoms. The normalized spacial score (nSPS) is 26.2. The number of fused-ring (bicyclic) bond motifs is 1. The zero-order valence-electron chi connectivity index (χ0n) is 10.6. The summed E-state index contributed by atoms with van der Waals surface area (Å²) in [6.45, 7) is 1.27. The highest BCUT2D eigenvalue weighted by atomic mass is 79.9. The van der Waals surface area contributed by atoms with E-state index >= 15 is 0 Å². The number of amides is 2. The van der Waals surface area contributed by atoms with E-state index in [-0.39, 0.29) is 23.8 Å². The molecule has 1 aromatic rings. The first kappa shape index (κ1) is 12.7. The number of aryl methyl sites for hydroxylation is 1. The molecule has 102 valence electrons. The molecule has 7 heteroatoms. The Labute approximate surface area is 119 Å². The smallest absolute Gasteiger partial charge is 0.272 e. The fourth-order valence-corrected chi connectivity index (χ4v) is 3.44. The summed E-state index contributed by atoms with van der Waals surface area (Å²) in [5.41, 5.74) is 0.548. The lowest BCUT2D eigenvalue weighted by Gasteiger charge is -2.35. The number of hydrogen-bond donors (Lipinski definition) is 1. The number of hydrogen-bond acceptors (Lipinski definition) is 3. The fraction of sp³-hybridized carbons (Fsp3) is 0.583. The molecule has 2 aliphatic rings. The van der Waals surface area contributed by atoms with Gasteiger partial charge < -0.3 is 10.2 Å². The van der Waals surface area contributed by atoms with E-state index in [0.717, 1.165) is 12.8 Å². The Morgan fingerprint density at radius 3 is 3.05 bits per heavy atom. The van der Waals surface area contributed by atoms with Crippen LogP contribution in [0.15, 0.2) is 10.7 Å². The van der Waals surface area contributed by atoms with E-state index in [9.17, 15) is 9.59 Å². The lowest BCUT2D eigenvalue weighted by Crippen LogP contribution is -2.49. The van der Waals surface area contributed by atoms with Gasteiger partial charge in [-0.2, -0.15) is 5.10 Å². The summed E-state index contributed by atoms with van der Waals surface area (Å²) in [5, 5.41) is 6.98. The van der Waals surface area contributed by atoms with Crippen LogP contribution in [0.4, 0.5) is 0 Å². The molecule has 2 aliphatic heterocycles. The van der Waals surface area contributed by atoms with Crippen molar-refractivity contribution >= 4 is 27.7 Å². The quantitative estimate of drug-likeness (QED) is 0.818. The van der Waals surface area contributed by atoms with Gasteiger partial charge in [0.1, 0.15) is 10.3 Å². The van der Waals surface area contributed by atoms with Crippen molar-refractivity contribution in [2.24, 2.45) is 13.0 Å².